The van der Waals surface area contributed by atoms with Crippen molar-refractivity contribution in [2.75, 3.05) is 0 Å². The maximum absolute atomic E-state index is 13.3. The molecule has 1 aliphatic carbocycles. The molecule has 43 heavy (non-hydrogen) atoms. The van der Waals surface area contributed by atoms with Gasteiger partial charge in [0.1, 0.15) is 11.4 Å². The van der Waals surface area contributed by atoms with Crippen molar-refractivity contribution >= 4 is 28.7 Å². The van der Waals surface area contributed by atoms with Crippen LogP contribution >= 0.6 is 0 Å². The monoisotopic (exact) mass is 583 g/mol. The SMILES string of the molecule is Cn1c(=O)oc2ccc(CNC(=O)c3cc(C(=O)N[C@H]4CCc5cc(-c6noc(=O)[nH]6)ccc54)nc4nc(=O)[nH]n34)cc21. The molecule has 2 amide bonds. The Kier molecular flexibility index (Phi) is 5.89. The minimum atomic E-state index is -0.737. The van der Waals surface area contributed by atoms with Gasteiger partial charge in [-0.05, 0) is 47.7 Å². The summed E-state index contributed by atoms with van der Waals surface area (Å²) < 4.78 is 12.2. The third-order valence-electron chi connectivity index (χ3n) is 7.36. The summed E-state index contributed by atoms with van der Waals surface area (Å²) >= 11 is 0. The summed E-state index contributed by atoms with van der Waals surface area (Å²) in [5, 5.41) is 11.8. The average molecular weight is 584 g/mol. The summed E-state index contributed by atoms with van der Waals surface area (Å²) in [5.74, 6) is -2.13. The Morgan fingerprint density at radius 1 is 1.07 bits per heavy atom. The molecule has 0 aliphatic heterocycles. The Labute approximate surface area is 238 Å². The van der Waals surface area contributed by atoms with Crippen LogP contribution in [-0.2, 0) is 20.0 Å². The Bertz CT molecular complexity index is 2270. The van der Waals surface area contributed by atoms with Crippen molar-refractivity contribution in [1.29, 1.82) is 0 Å². The Morgan fingerprint density at radius 2 is 1.93 bits per heavy atom. The van der Waals surface area contributed by atoms with Crippen molar-refractivity contribution in [3.63, 3.8) is 0 Å². The number of H-pyrrole nitrogens is 2. The first-order valence-corrected chi connectivity index (χ1v) is 13.1. The van der Waals surface area contributed by atoms with Crippen LogP contribution in [0.5, 0.6) is 0 Å². The second-order valence-corrected chi connectivity index (χ2v) is 10.0. The van der Waals surface area contributed by atoms with Crippen molar-refractivity contribution in [3.05, 3.63) is 102 Å². The normalized spacial score (nSPS) is 14.3. The van der Waals surface area contributed by atoms with E-state index in [9.17, 15) is 24.0 Å². The minimum Gasteiger partial charge on any atom is -0.408 e. The summed E-state index contributed by atoms with van der Waals surface area (Å²) in [6.45, 7) is 0.0848. The number of aromatic amines is 2. The summed E-state index contributed by atoms with van der Waals surface area (Å²) in [6.07, 6.45) is 1.29. The topological polar surface area (TPSA) is 215 Å². The van der Waals surface area contributed by atoms with Crippen LogP contribution in [0.15, 0.2) is 65.8 Å². The number of aromatic nitrogens is 7. The molecule has 16 nitrogen and oxygen atoms in total. The zero-order valence-corrected chi connectivity index (χ0v) is 22.3. The van der Waals surface area contributed by atoms with E-state index >= 15 is 0 Å². The van der Waals surface area contributed by atoms with Crippen molar-refractivity contribution in [1.82, 2.24) is 44.9 Å². The summed E-state index contributed by atoms with van der Waals surface area (Å²) in [7, 11) is 1.58. The fraction of sp³-hybridized carbons (Fsp3) is 0.185. The quantitative estimate of drug-likeness (QED) is 0.214. The number of hydrogen-bond donors (Lipinski definition) is 4. The standard InChI is InChI=1S/C27H21N9O7/c1-35-18-8-12(2-7-20(18)42-27(35)41)11-28-23(38)19-10-17(30-24-32-25(39)33-36(19)24)22(37)29-16-6-4-13-9-14(3-5-15(13)16)21-31-26(40)43-34-21/h2-3,5,7-10,16H,4,6,11H2,1H3,(H,28,38)(H,29,37)(H,33,39)(H,31,34,40)/t16-/m0/s1. The van der Waals surface area contributed by atoms with Gasteiger partial charge in [0.2, 0.25) is 0 Å². The fourth-order valence-electron chi connectivity index (χ4n) is 5.23. The number of nitrogens with zero attached hydrogens (tertiary/aromatic N) is 5. The van der Waals surface area contributed by atoms with Gasteiger partial charge < -0.3 is 15.1 Å². The predicted octanol–water partition coefficient (Wildman–Crippen LogP) is 0.553. The van der Waals surface area contributed by atoms with Gasteiger partial charge in [-0.1, -0.05) is 23.4 Å². The van der Waals surface area contributed by atoms with Gasteiger partial charge in [-0.3, -0.25) is 23.7 Å². The molecular formula is C27H21N9O7. The lowest BCUT2D eigenvalue weighted by molar-refractivity contribution is 0.0931. The molecule has 0 radical (unpaired) electrons. The average Bonchev–Trinajstić information content (AvgIpc) is 3.77. The highest BCUT2D eigenvalue weighted by molar-refractivity contribution is 5.98. The third kappa shape index (κ3) is 4.59. The largest absolute Gasteiger partial charge is 0.439 e. The number of amides is 2. The van der Waals surface area contributed by atoms with Crippen molar-refractivity contribution in [2.45, 2.75) is 25.4 Å². The number of fused-ring (bicyclic) bond motifs is 3. The second kappa shape index (κ2) is 9.79. The molecule has 16 heteroatoms. The van der Waals surface area contributed by atoms with E-state index in [1.807, 2.05) is 12.1 Å². The van der Waals surface area contributed by atoms with Crippen LogP contribution in [0, 0.1) is 0 Å². The first kappa shape index (κ1) is 25.9. The molecule has 1 atom stereocenters. The van der Waals surface area contributed by atoms with Crippen molar-refractivity contribution < 1.29 is 18.5 Å². The number of nitrogens with one attached hydrogen (secondary N) is 4. The van der Waals surface area contributed by atoms with E-state index in [4.69, 9.17) is 4.42 Å². The predicted molar refractivity (Wildman–Crippen MR) is 147 cm³/mol. The van der Waals surface area contributed by atoms with E-state index in [0.717, 1.165) is 15.6 Å². The molecule has 2 aromatic carbocycles. The number of oxazole rings is 1. The highest BCUT2D eigenvalue weighted by Gasteiger charge is 2.27. The van der Waals surface area contributed by atoms with E-state index in [1.54, 1.807) is 31.3 Å². The zero-order chi connectivity index (χ0) is 29.8. The molecule has 0 saturated heterocycles. The maximum Gasteiger partial charge on any atom is 0.439 e. The second-order valence-electron chi connectivity index (χ2n) is 10.0. The van der Waals surface area contributed by atoms with Crippen LogP contribution < -0.4 is 27.8 Å². The van der Waals surface area contributed by atoms with Crippen LogP contribution in [0.3, 0.4) is 0 Å². The third-order valence-corrected chi connectivity index (χ3v) is 7.36. The molecule has 0 saturated carbocycles. The number of hydrogen-bond acceptors (Lipinski definition) is 10. The first-order valence-electron chi connectivity index (χ1n) is 13.1. The highest BCUT2D eigenvalue weighted by atomic mass is 16.5. The Hall–Kier alpha value is -6.06. The first-order chi connectivity index (χ1) is 20.7. The van der Waals surface area contributed by atoms with Gasteiger partial charge in [0.05, 0.1) is 11.6 Å². The van der Waals surface area contributed by atoms with Crippen LogP contribution in [-0.4, -0.2) is 46.1 Å². The lowest BCUT2D eigenvalue weighted by Crippen LogP contribution is -2.30. The number of carbonyl (C=O) groups excluding carboxylic acids is 2. The Balaban J connectivity index is 1.12. The molecular weight excluding hydrogens is 562 g/mol. The van der Waals surface area contributed by atoms with Gasteiger partial charge in [-0.25, -0.2) is 29.0 Å². The number of carbonyl (C=O) groups is 2. The fourth-order valence-corrected chi connectivity index (χ4v) is 5.23. The van der Waals surface area contributed by atoms with Gasteiger partial charge in [-0.15, -0.1) is 0 Å². The van der Waals surface area contributed by atoms with Gasteiger partial charge in [0.25, 0.3) is 17.6 Å². The molecule has 4 heterocycles. The molecule has 7 rings (SSSR count). The van der Waals surface area contributed by atoms with Gasteiger partial charge >= 0.3 is 17.2 Å². The Morgan fingerprint density at radius 3 is 2.74 bits per heavy atom. The molecule has 4 N–H and O–H groups in total. The summed E-state index contributed by atoms with van der Waals surface area (Å²) in [5.41, 5.74) is 3.33. The van der Waals surface area contributed by atoms with E-state index in [0.29, 0.717) is 40.9 Å². The van der Waals surface area contributed by atoms with Gasteiger partial charge in [0.15, 0.2) is 11.4 Å². The summed E-state index contributed by atoms with van der Waals surface area (Å²) in [4.78, 5) is 72.2. The minimum absolute atomic E-state index is 0.0559. The molecule has 6 aromatic rings. The lowest BCUT2D eigenvalue weighted by atomic mass is 10.0. The van der Waals surface area contributed by atoms with E-state index in [2.05, 4.69) is 40.4 Å². The van der Waals surface area contributed by atoms with Crippen LogP contribution in [0.2, 0.25) is 0 Å². The molecule has 0 unspecified atom stereocenters. The molecule has 4 aromatic heterocycles. The van der Waals surface area contributed by atoms with Gasteiger partial charge in [-0.2, -0.15) is 4.98 Å². The number of benzene rings is 2. The molecule has 0 fully saturated rings. The van der Waals surface area contributed by atoms with Gasteiger partial charge in [0, 0.05) is 25.2 Å². The maximum atomic E-state index is 13.3. The van der Waals surface area contributed by atoms with E-state index in [1.165, 1.54) is 10.6 Å². The highest BCUT2D eigenvalue weighted by Crippen LogP contribution is 2.33. The van der Waals surface area contributed by atoms with Crippen molar-refractivity contribution in [2.24, 2.45) is 7.05 Å². The van der Waals surface area contributed by atoms with Crippen LogP contribution in [0.25, 0.3) is 28.3 Å². The zero-order valence-electron chi connectivity index (χ0n) is 22.3. The van der Waals surface area contributed by atoms with Crippen molar-refractivity contribution in [3.8, 4) is 11.4 Å². The smallest absolute Gasteiger partial charge is 0.408 e. The van der Waals surface area contributed by atoms with Crippen LogP contribution in [0.4, 0.5) is 0 Å². The lowest BCUT2D eigenvalue weighted by Gasteiger charge is -2.15. The molecule has 1 aliphatic rings. The van der Waals surface area contributed by atoms with E-state index < -0.39 is 29.0 Å². The molecule has 216 valence electrons. The van der Waals surface area contributed by atoms with Crippen LogP contribution in [0.1, 0.15) is 50.1 Å². The molecule has 0 bridgehead atoms. The summed E-state index contributed by atoms with van der Waals surface area (Å²) in [6, 6.07) is 11.5. The number of rotatable bonds is 6. The molecule has 0 spiro atoms. The number of aryl methyl sites for hydroxylation is 2. The van der Waals surface area contributed by atoms with E-state index in [-0.39, 0.29) is 29.8 Å².